The molecule has 2 aliphatic heterocycles. The minimum atomic E-state index is -4.67. The first-order chi connectivity index (χ1) is 11.5. The molecule has 2 heterocycles. The molecule has 4 nitrogen and oxygen atoms in total. The first kappa shape index (κ1) is 18.5. The molecule has 2 aliphatic rings. The molecule has 8 heteroatoms. The highest BCUT2D eigenvalue weighted by atomic mass is 32.2. The standard InChI is InChI=1S/C17H22F3NO3S/c1-13(8-14-2-4-15(5-3-14)24-17(18,19)20)9-21-7-6-16(10-21)11-25(22,23)12-16/h2-5,13H,6-12H2,1H3/t13-/m0/s1. The summed E-state index contributed by atoms with van der Waals surface area (Å²) in [4.78, 5) is 2.31. The second kappa shape index (κ2) is 6.46. The van der Waals surface area contributed by atoms with Gasteiger partial charge in [-0.15, -0.1) is 13.2 Å². The smallest absolute Gasteiger partial charge is 0.406 e. The third kappa shape index (κ3) is 4.88. The number of halogens is 3. The van der Waals surface area contributed by atoms with Gasteiger partial charge in [-0.1, -0.05) is 19.1 Å². The van der Waals surface area contributed by atoms with Crippen LogP contribution in [-0.4, -0.2) is 50.8 Å². The molecule has 25 heavy (non-hydrogen) atoms. The van der Waals surface area contributed by atoms with Crippen LogP contribution in [0.4, 0.5) is 13.2 Å². The van der Waals surface area contributed by atoms with Crippen molar-refractivity contribution >= 4 is 9.84 Å². The molecule has 0 saturated carbocycles. The van der Waals surface area contributed by atoms with Crippen molar-refractivity contribution in [2.45, 2.75) is 26.1 Å². The highest BCUT2D eigenvalue weighted by Crippen LogP contribution is 2.41. The topological polar surface area (TPSA) is 46.6 Å². The van der Waals surface area contributed by atoms with Gasteiger partial charge in [-0.2, -0.15) is 0 Å². The Kier molecular flexibility index (Phi) is 4.79. The van der Waals surface area contributed by atoms with Crippen LogP contribution in [-0.2, 0) is 16.3 Å². The second-order valence-electron chi connectivity index (χ2n) is 7.52. The van der Waals surface area contributed by atoms with E-state index in [-0.39, 0.29) is 11.2 Å². The number of benzene rings is 1. The first-order valence-electron chi connectivity index (χ1n) is 8.32. The zero-order valence-corrected chi connectivity index (χ0v) is 14.9. The van der Waals surface area contributed by atoms with Crippen LogP contribution >= 0.6 is 0 Å². The fraction of sp³-hybridized carbons (Fsp3) is 0.647. The lowest BCUT2D eigenvalue weighted by Crippen LogP contribution is -2.50. The fourth-order valence-electron chi connectivity index (χ4n) is 4.04. The molecule has 2 fully saturated rings. The zero-order valence-electron chi connectivity index (χ0n) is 14.1. The second-order valence-corrected chi connectivity index (χ2v) is 9.58. The SMILES string of the molecule is C[C@@H](Cc1ccc(OC(F)(F)F)cc1)CN1CCC2(C1)CS(=O)(=O)C2. The van der Waals surface area contributed by atoms with Crippen molar-refractivity contribution in [3.63, 3.8) is 0 Å². The fourth-order valence-corrected chi connectivity index (χ4v) is 6.30. The number of nitrogens with zero attached hydrogens (tertiary/aromatic N) is 1. The van der Waals surface area contributed by atoms with Crippen molar-refractivity contribution in [3.8, 4) is 5.75 Å². The van der Waals surface area contributed by atoms with Crippen molar-refractivity contribution in [2.75, 3.05) is 31.1 Å². The summed E-state index contributed by atoms with van der Waals surface area (Å²) in [5.41, 5.74) is 0.928. The molecular formula is C17H22F3NO3S. The summed E-state index contributed by atoms with van der Waals surface area (Å²) >= 11 is 0. The number of ether oxygens (including phenoxy) is 1. The van der Waals surface area contributed by atoms with E-state index < -0.39 is 16.2 Å². The maximum atomic E-state index is 12.2. The van der Waals surface area contributed by atoms with E-state index in [1.165, 1.54) is 12.1 Å². The van der Waals surface area contributed by atoms with Crippen molar-refractivity contribution in [1.29, 1.82) is 0 Å². The lowest BCUT2D eigenvalue weighted by atomic mass is 9.91. The summed E-state index contributed by atoms with van der Waals surface area (Å²) < 4.78 is 63.2. The molecule has 1 spiro atoms. The van der Waals surface area contributed by atoms with Gasteiger partial charge in [0.2, 0.25) is 0 Å². The zero-order chi connectivity index (χ0) is 18.3. The van der Waals surface area contributed by atoms with Crippen molar-refractivity contribution < 1.29 is 26.3 Å². The van der Waals surface area contributed by atoms with Gasteiger partial charge in [-0.3, -0.25) is 0 Å². The number of hydrogen-bond acceptors (Lipinski definition) is 4. The highest BCUT2D eigenvalue weighted by molar-refractivity contribution is 7.92. The average molecular weight is 377 g/mol. The van der Waals surface area contributed by atoms with Crippen LogP contribution in [0.2, 0.25) is 0 Å². The number of likely N-dealkylation sites (tertiary alicyclic amines) is 1. The molecule has 0 aliphatic carbocycles. The summed E-state index contributed by atoms with van der Waals surface area (Å²) in [6.07, 6.45) is -2.98. The first-order valence-corrected chi connectivity index (χ1v) is 10.1. The summed E-state index contributed by atoms with van der Waals surface area (Å²) in [6.45, 7) is 4.71. The van der Waals surface area contributed by atoms with Crippen molar-refractivity contribution in [2.24, 2.45) is 11.3 Å². The predicted octanol–water partition coefficient (Wildman–Crippen LogP) is 2.88. The van der Waals surface area contributed by atoms with Crippen molar-refractivity contribution in [3.05, 3.63) is 29.8 Å². The number of hydrogen-bond donors (Lipinski definition) is 0. The Balaban J connectivity index is 1.47. The van der Waals surface area contributed by atoms with Gasteiger partial charge >= 0.3 is 6.36 Å². The largest absolute Gasteiger partial charge is 0.573 e. The highest BCUT2D eigenvalue weighted by Gasteiger charge is 2.51. The normalized spacial score (nSPS) is 23.4. The number of rotatable bonds is 5. The quantitative estimate of drug-likeness (QED) is 0.792. The van der Waals surface area contributed by atoms with E-state index in [0.29, 0.717) is 17.4 Å². The van der Waals surface area contributed by atoms with Crippen LogP contribution < -0.4 is 4.74 Å². The summed E-state index contributed by atoms with van der Waals surface area (Å²) in [5.74, 6) is 0.745. The Morgan fingerprint density at radius 1 is 1.24 bits per heavy atom. The van der Waals surface area contributed by atoms with Gasteiger partial charge < -0.3 is 9.64 Å². The van der Waals surface area contributed by atoms with E-state index in [1.807, 2.05) is 0 Å². The molecule has 2 saturated heterocycles. The van der Waals surface area contributed by atoms with E-state index in [2.05, 4.69) is 16.6 Å². The van der Waals surface area contributed by atoms with Gasteiger partial charge in [-0.25, -0.2) is 8.42 Å². The number of alkyl halides is 3. The Labute approximate surface area is 145 Å². The number of sulfone groups is 1. The van der Waals surface area contributed by atoms with E-state index in [0.717, 1.165) is 38.0 Å². The van der Waals surface area contributed by atoms with Crippen LogP contribution in [0.1, 0.15) is 18.9 Å². The Morgan fingerprint density at radius 3 is 2.44 bits per heavy atom. The molecule has 3 rings (SSSR count). The summed E-state index contributed by atoms with van der Waals surface area (Å²) in [6, 6.07) is 5.97. The van der Waals surface area contributed by atoms with Crippen LogP contribution in [0, 0.1) is 11.3 Å². The molecule has 0 bridgehead atoms. The minimum Gasteiger partial charge on any atom is -0.406 e. The monoisotopic (exact) mass is 377 g/mol. The minimum absolute atomic E-state index is 0.0326. The third-order valence-electron chi connectivity index (χ3n) is 4.88. The molecule has 0 aromatic heterocycles. The van der Waals surface area contributed by atoms with Gasteiger partial charge in [0, 0.05) is 18.5 Å². The van der Waals surface area contributed by atoms with Crippen molar-refractivity contribution in [1.82, 2.24) is 4.90 Å². The molecule has 0 N–H and O–H groups in total. The maximum absolute atomic E-state index is 12.2. The van der Waals surface area contributed by atoms with E-state index in [9.17, 15) is 21.6 Å². The molecule has 0 amide bonds. The summed E-state index contributed by atoms with van der Waals surface area (Å²) in [7, 11) is -2.81. The molecule has 0 radical (unpaired) electrons. The third-order valence-corrected chi connectivity index (χ3v) is 6.98. The Hall–Kier alpha value is -1.28. The summed E-state index contributed by atoms with van der Waals surface area (Å²) in [5, 5.41) is 0. The van der Waals surface area contributed by atoms with E-state index in [4.69, 9.17) is 0 Å². The molecule has 140 valence electrons. The average Bonchev–Trinajstić information content (AvgIpc) is 2.81. The Morgan fingerprint density at radius 2 is 1.88 bits per heavy atom. The van der Waals surface area contributed by atoms with Crippen LogP contribution in [0.25, 0.3) is 0 Å². The van der Waals surface area contributed by atoms with Gasteiger partial charge in [0.25, 0.3) is 0 Å². The Bertz CT molecular complexity index is 704. The van der Waals surface area contributed by atoms with Gasteiger partial charge in [-0.05, 0) is 43.0 Å². The van der Waals surface area contributed by atoms with Gasteiger partial charge in [0.15, 0.2) is 9.84 Å². The van der Waals surface area contributed by atoms with E-state index in [1.54, 1.807) is 12.1 Å². The van der Waals surface area contributed by atoms with E-state index >= 15 is 0 Å². The lowest BCUT2D eigenvalue weighted by Gasteiger charge is -2.37. The van der Waals surface area contributed by atoms with Crippen LogP contribution in [0.3, 0.4) is 0 Å². The molecule has 1 aromatic rings. The van der Waals surface area contributed by atoms with Crippen LogP contribution in [0.15, 0.2) is 24.3 Å². The molecule has 1 atom stereocenters. The molecule has 1 aromatic carbocycles. The molecule has 0 unspecified atom stereocenters. The molecular weight excluding hydrogens is 355 g/mol. The van der Waals surface area contributed by atoms with Crippen LogP contribution in [0.5, 0.6) is 5.75 Å². The van der Waals surface area contributed by atoms with Gasteiger partial charge in [0.1, 0.15) is 5.75 Å². The van der Waals surface area contributed by atoms with Gasteiger partial charge in [0.05, 0.1) is 11.5 Å². The maximum Gasteiger partial charge on any atom is 0.573 e. The predicted molar refractivity (Wildman–Crippen MR) is 88.1 cm³/mol. The lowest BCUT2D eigenvalue weighted by molar-refractivity contribution is -0.274.